The Morgan fingerprint density at radius 1 is 0.943 bits per heavy atom. The van der Waals surface area contributed by atoms with Gasteiger partial charge in [0.15, 0.2) is 4.80 Å². The van der Waals surface area contributed by atoms with Gasteiger partial charge in [0.05, 0.1) is 34.1 Å². The third-order valence-electron chi connectivity index (χ3n) is 9.03. The zero-order valence-electron chi connectivity index (χ0n) is 30.1. The van der Waals surface area contributed by atoms with Crippen LogP contribution in [0, 0.1) is 5.92 Å². The molecule has 2 aromatic heterocycles. The van der Waals surface area contributed by atoms with Gasteiger partial charge in [0, 0.05) is 22.2 Å². The van der Waals surface area contributed by atoms with Crippen molar-refractivity contribution in [2.24, 2.45) is 10.9 Å². The minimum absolute atomic E-state index is 0.109. The number of para-hydroxylation sites is 1. The number of fused-ring (bicyclic) bond motifs is 1. The Kier molecular flexibility index (Phi) is 10.9. The average molecular weight is 741 g/mol. The Balaban J connectivity index is 1.31. The van der Waals surface area contributed by atoms with Gasteiger partial charge in [-0.05, 0) is 91.3 Å². The summed E-state index contributed by atoms with van der Waals surface area (Å²) in [7, 11) is 0. The van der Waals surface area contributed by atoms with Crippen LogP contribution in [0.2, 0.25) is 0 Å². The summed E-state index contributed by atoms with van der Waals surface area (Å²) < 4.78 is 15.7. The molecule has 0 saturated carbocycles. The van der Waals surface area contributed by atoms with E-state index in [1.165, 1.54) is 11.3 Å². The molecule has 6 aromatic rings. The summed E-state index contributed by atoms with van der Waals surface area (Å²) in [5, 5.41) is 4.99. The van der Waals surface area contributed by atoms with Crippen molar-refractivity contribution in [2.75, 3.05) is 12.9 Å². The number of carbonyl (C=O) groups is 1. The summed E-state index contributed by atoms with van der Waals surface area (Å²) >= 11 is 2.92. The number of benzene rings is 4. The highest BCUT2D eigenvalue weighted by atomic mass is 32.2. The number of carbonyl (C=O) groups excluding carboxylic acids is 1. The normalized spacial score (nSPS) is 14.3. The molecular weight excluding hydrogens is 701 g/mol. The van der Waals surface area contributed by atoms with Gasteiger partial charge in [0.25, 0.3) is 5.56 Å². The fourth-order valence-corrected chi connectivity index (χ4v) is 7.62. The van der Waals surface area contributed by atoms with Crippen LogP contribution in [-0.4, -0.2) is 33.2 Å². The van der Waals surface area contributed by atoms with Crippen molar-refractivity contribution in [3.8, 4) is 22.7 Å². The average Bonchev–Trinajstić information content (AvgIpc) is 3.74. The minimum atomic E-state index is -0.720. The molecule has 8 nitrogen and oxygen atoms in total. The molecule has 0 amide bonds. The molecule has 1 unspecified atom stereocenters. The summed E-state index contributed by atoms with van der Waals surface area (Å²) in [6, 6.07) is 34.5. The molecule has 0 spiro atoms. The Morgan fingerprint density at radius 3 is 2.32 bits per heavy atom. The standard InChI is InChI=1S/C43H40N4O4S2/c1-28(2)23-24-50-35-19-15-31(16-20-35)39-33(26-46(45-39)34-13-9-6-10-14-34)25-37-41(48)47-40(32-17-21-36(52-4)22-18-32)38(29(3)44-43(47)53-37)42(49)51-27-30-11-7-5-8-12-30/h5-22,25-26,28,40H,23-24,27H2,1-4H3. The highest BCUT2D eigenvalue weighted by Gasteiger charge is 2.33. The van der Waals surface area contributed by atoms with Crippen molar-refractivity contribution in [3.05, 3.63) is 163 Å². The number of thiazole rings is 1. The van der Waals surface area contributed by atoms with Gasteiger partial charge in [0.2, 0.25) is 0 Å². The van der Waals surface area contributed by atoms with Crippen LogP contribution in [0.5, 0.6) is 5.75 Å². The lowest BCUT2D eigenvalue weighted by molar-refractivity contribution is -0.140. The molecule has 4 aromatic carbocycles. The predicted molar refractivity (Wildman–Crippen MR) is 212 cm³/mol. The van der Waals surface area contributed by atoms with Crippen LogP contribution in [-0.2, 0) is 16.1 Å². The van der Waals surface area contributed by atoms with Crippen molar-refractivity contribution < 1.29 is 14.3 Å². The largest absolute Gasteiger partial charge is 0.494 e. The first-order valence-corrected chi connectivity index (χ1v) is 19.6. The number of thioether (sulfide) groups is 1. The number of aromatic nitrogens is 3. The van der Waals surface area contributed by atoms with E-state index in [0.717, 1.165) is 50.7 Å². The highest BCUT2D eigenvalue weighted by molar-refractivity contribution is 7.98. The monoisotopic (exact) mass is 740 g/mol. The molecule has 1 atom stereocenters. The first-order valence-electron chi connectivity index (χ1n) is 17.5. The van der Waals surface area contributed by atoms with Gasteiger partial charge in [-0.3, -0.25) is 9.36 Å². The Morgan fingerprint density at radius 2 is 1.64 bits per heavy atom. The molecule has 1 aliphatic heterocycles. The van der Waals surface area contributed by atoms with E-state index in [1.807, 2.05) is 132 Å². The molecule has 3 heterocycles. The molecule has 7 rings (SSSR count). The predicted octanol–water partition coefficient (Wildman–Crippen LogP) is 7.98. The maximum absolute atomic E-state index is 14.6. The Labute approximate surface area is 316 Å². The van der Waals surface area contributed by atoms with E-state index in [9.17, 15) is 9.59 Å². The van der Waals surface area contributed by atoms with Crippen molar-refractivity contribution in [2.45, 2.75) is 44.7 Å². The number of ether oxygens (including phenoxy) is 2. The number of hydrogen-bond acceptors (Lipinski definition) is 8. The molecule has 268 valence electrons. The lowest BCUT2D eigenvalue weighted by atomic mass is 9.96. The van der Waals surface area contributed by atoms with E-state index in [-0.39, 0.29) is 12.2 Å². The van der Waals surface area contributed by atoms with Gasteiger partial charge in [-0.2, -0.15) is 5.10 Å². The number of nitrogens with zero attached hydrogens (tertiary/aromatic N) is 4. The van der Waals surface area contributed by atoms with Crippen LogP contribution in [0.15, 0.2) is 141 Å². The lowest BCUT2D eigenvalue weighted by Crippen LogP contribution is -2.39. The first kappa shape index (κ1) is 35.9. The van der Waals surface area contributed by atoms with E-state index < -0.39 is 12.0 Å². The molecule has 0 aliphatic carbocycles. The van der Waals surface area contributed by atoms with E-state index in [1.54, 1.807) is 23.3 Å². The molecule has 0 saturated heterocycles. The smallest absolute Gasteiger partial charge is 0.338 e. The number of rotatable bonds is 12. The fourth-order valence-electron chi connectivity index (χ4n) is 6.18. The van der Waals surface area contributed by atoms with Crippen molar-refractivity contribution in [1.82, 2.24) is 14.3 Å². The van der Waals surface area contributed by atoms with Crippen molar-refractivity contribution >= 4 is 35.1 Å². The molecule has 1 aliphatic rings. The number of allylic oxidation sites excluding steroid dienone is 1. The molecule has 0 radical (unpaired) electrons. The maximum atomic E-state index is 14.6. The maximum Gasteiger partial charge on any atom is 0.338 e. The minimum Gasteiger partial charge on any atom is -0.494 e. The summed E-state index contributed by atoms with van der Waals surface area (Å²) in [6.07, 6.45) is 6.80. The zero-order chi connectivity index (χ0) is 36.9. The zero-order valence-corrected chi connectivity index (χ0v) is 31.7. The van der Waals surface area contributed by atoms with Crippen LogP contribution in [0.1, 0.15) is 49.9 Å². The summed E-state index contributed by atoms with van der Waals surface area (Å²) in [6.45, 7) is 6.92. The van der Waals surface area contributed by atoms with Crippen LogP contribution in [0.3, 0.4) is 0 Å². The van der Waals surface area contributed by atoms with Gasteiger partial charge < -0.3 is 9.47 Å². The molecule has 0 fully saturated rings. The fraction of sp³-hybridized carbons (Fsp3) is 0.209. The topological polar surface area (TPSA) is 87.7 Å². The van der Waals surface area contributed by atoms with Gasteiger partial charge >= 0.3 is 5.97 Å². The molecular formula is C43H40N4O4S2. The van der Waals surface area contributed by atoms with E-state index in [0.29, 0.717) is 33.1 Å². The Bertz CT molecular complexity index is 2430. The quantitative estimate of drug-likeness (QED) is 0.0935. The van der Waals surface area contributed by atoms with E-state index in [2.05, 4.69) is 13.8 Å². The summed E-state index contributed by atoms with van der Waals surface area (Å²) in [5.41, 5.74) is 5.55. The summed E-state index contributed by atoms with van der Waals surface area (Å²) in [4.78, 5) is 34.8. The van der Waals surface area contributed by atoms with E-state index >= 15 is 0 Å². The van der Waals surface area contributed by atoms with Gasteiger partial charge in [-0.25, -0.2) is 14.5 Å². The van der Waals surface area contributed by atoms with Crippen LogP contribution in [0.4, 0.5) is 0 Å². The van der Waals surface area contributed by atoms with Crippen LogP contribution >= 0.6 is 23.1 Å². The lowest BCUT2D eigenvalue weighted by Gasteiger charge is -2.25. The van der Waals surface area contributed by atoms with Gasteiger partial charge in [-0.1, -0.05) is 85.8 Å². The van der Waals surface area contributed by atoms with Crippen LogP contribution < -0.4 is 19.6 Å². The second-order valence-corrected chi connectivity index (χ2v) is 15.1. The van der Waals surface area contributed by atoms with Gasteiger partial charge in [0.1, 0.15) is 18.1 Å². The highest BCUT2D eigenvalue weighted by Crippen LogP contribution is 2.32. The first-order chi connectivity index (χ1) is 25.8. The molecule has 10 heteroatoms. The Hall–Kier alpha value is -5.45. The molecule has 53 heavy (non-hydrogen) atoms. The van der Waals surface area contributed by atoms with Crippen molar-refractivity contribution in [1.29, 1.82) is 0 Å². The number of esters is 1. The second kappa shape index (κ2) is 16.1. The van der Waals surface area contributed by atoms with Crippen molar-refractivity contribution in [3.63, 3.8) is 0 Å². The molecule has 0 bridgehead atoms. The van der Waals surface area contributed by atoms with E-state index in [4.69, 9.17) is 19.6 Å². The SMILES string of the molecule is CSc1ccc(C2C(C(=O)OCc3ccccc3)=C(C)N=c3sc(=Cc4cn(-c5ccccc5)nc4-c4ccc(OCCC(C)C)cc4)c(=O)n32)cc1. The van der Waals surface area contributed by atoms with Crippen LogP contribution in [0.25, 0.3) is 23.0 Å². The summed E-state index contributed by atoms with van der Waals surface area (Å²) in [5.74, 6) is 0.849. The second-order valence-electron chi connectivity index (χ2n) is 13.2. The third-order valence-corrected chi connectivity index (χ3v) is 10.8. The molecule has 0 N–H and O–H groups in total. The van der Waals surface area contributed by atoms with Gasteiger partial charge in [-0.15, -0.1) is 11.8 Å². The number of hydrogen-bond donors (Lipinski definition) is 0. The third kappa shape index (κ3) is 7.99.